The van der Waals surface area contributed by atoms with Crippen LogP contribution < -0.4 is 9.61 Å². The summed E-state index contributed by atoms with van der Waals surface area (Å²) in [5, 5.41) is 10.3. The van der Waals surface area contributed by atoms with Gasteiger partial charge in [0, 0.05) is 28.1 Å². The summed E-state index contributed by atoms with van der Waals surface area (Å²) in [4.78, 5) is 29.2. The first-order valence-corrected chi connectivity index (χ1v) is 12.5. The van der Waals surface area contributed by atoms with Crippen LogP contribution in [-0.2, 0) is 11.2 Å². The van der Waals surface area contributed by atoms with E-state index in [1.54, 1.807) is 28.8 Å². The van der Waals surface area contributed by atoms with Gasteiger partial charge in [0.15, 0.2) is 6.10 Å². The lowest BCUT2D eigenvalue weighted by Gasteiger charge is -2.21. The molecule has 0 saturated carbocycles. The van der Waals surface area contributed by atoms with Gasteiger partial charge in [0.1, 0.15) is 12.4 Å². The van der Waals surface area contributed by atoms with E-state index >= 15 is 0 Å². The number of carbonyl (C=O) groups is 1. The second kappa shape index (κ2) is 10.5. The van der Waals surface area contributed by atoms with E-state index in [0.29, 0.717) is 28.6 Å². The lowest BCUT2D eigenvalue weighted by molar-refractivity contribution is 0.102. The van der Waals surface area contributed by atoms with E-state index in [9.17, 15) is 14.7 Å². The molecule has 33 heavy (non-hydrogen) atoms. The van der Waals surface area contributed by atoms with E-state index in [1.807, 2.05) is 43.3 Å². The van der Waals surface area contributed by atoms with E-state index in [0.717, 1.165) is 27.5 Å². The Morgan fingerprint density at radius 1 is 1.30 bits per heavy atom. The van der Waals surface area contributed by atoms with Crippen molar-refractivity contribution in [3.8, 4) is 11.6 Å². The van der Waals surface area contributed by atoms with Gasteiger partial charge in [-0.15, -0.1) is 11.8 Å². The summed E-state index contributed by atoms with van der Waals surface area (Å²) in [7, 11) is 0. The second-order valence-electron chi connectivity index (χ2n) is 7.69. The number of H-pyrrole nitrogens is 1. The van der Waals surface area contributed by atoms with E-state index in [2.05, 4.69) is 4.98 Å². The smallest absolute Gasteiger partial charge is 0.410 e. The van der Waals surface area contributed by atoms with Crippen LogP contribution in [0.3, 0.4) is 0 Å². The standard InChI is InChI=1S/C23H23ClN2O5S2/c1-14(26-11-18(31-23(26)29)12-30-17-4-2-3-16(24)10-17)13-32-19-7-5-15(6-8-19)9-20-21(27)25-22(28)33-20/h2-8,10,14,18,27H,9,11-13H2,1H3,(H,25,28). The fourth-order valence-electron chi connectivity index (χ4n) is 3.40. The van der Waals surface area contributed by atoms with Crippen LogP contribution in [-0.4, -0.2) is 52.1 Å². The highest BCUT2D eigenvalue weighted by atomic mass is 35.5. The van der Waals surface area contributed by atoms with Crippen LogP contribution >= 0.6 is 34.7 Å². The summed E-state index contributed by atoms with van der Waals surface area (Å²) in [6.07, 6.45) is -0.165. The van der Waals surface area contributed by atoms with Crippen molar-refractivity contribution >= 4 is 40.8 Å². The van der Waals surface area contributed by atoms with Gasteiger partial charge in [0.2, 0.25) is 5.88 Å². The minimum atomic E-state index is -0.330. The lowest BCUT2D eigenvalue weighted by Crippen LogP contribution is -2.36. The Kier molecular flexibility index (Phi) is 7.52. The number of cyclic esters (lactones) is 1. The van der Waals surface area contributed by atoms with E-state index in [-0.39, 0.29) is 35.6 Å². The molecule has 1 fully saturated rings. The second-order valence-corrected chi connectivity index (χ2v) is 10.3. The molecule has 2 heterocycles. The molecule has 0 spiro atoms. The molecule has 174 valence electrons. The summed E-state index contributed by atoms with van der Waals surface area (Å²) in [6, 6.07) is 15.1. The monoisotopic (exact) mass is 506 g/mol. The highest BCUT2D eigenvalue weighted by Crippen LogP contribution is 2.26. The number of nitrogens with one attached hydrogen (secondary N) is 1. The molecule has 2 atom stereocenters. The van der Waals surface area contributed by atoms with Gasteiger partial charge in [0.25, 0.3) is 0 Å². The Morgan fingerprint density at radius 3 is 2.79 bits per heavy atom. The van der Waals surface area contributed by atoms with Crippen molar-refractivity contribution in [3.05, 3.63) is 73.7 Å². The van der Waals surface area contributed by atoms with Crippen LogP contribution in [0.4, 0.5) is 4.79 Å². The molecule has 10 heteroatoms. The fraction of sp³-hybridized carbons (Fsp3) is 0.304. The maximum atomic E-state index is 12.3. The molecule has 0 radical (unpaired) electrons. The Hall–Kier alpha value is -2.62. The van der Waals surface area contributed by atoms with Gasteiger partial charge >= 0.3 is 11.0 Å². The number of hydrogen-bond donors (Lipinski definition) is 2. The Balaban J connectivity index is 1.25. The van der Waals surface area contributed by atoms with E-state index < -0.39 is 0 Å². The zero-order valence-electron chi connectivity index (χ0n) is 17.8. The topological polar surface area (TPSA) is 91.9 Å². The fourth-order valence-corrected chi connectivity index (χ4v) is 5.28. The molecule has 2 N–H and O–H groups in total. The number of nitrogens with zero attached hydrogens (tertiary/aromatic N) is 1. The molecule has 4 rings (SSSR count). The lowest BCUT2D eigenvalue weighted by atomic mass is 10.1. The number of carbonyl (C=O) groups excluding carboxylic acids is 1. The van der Waals surface area contributed by atoms with Gasteiger partial charge in [-0.2, -0.15) is 0 Å². The SMILES string of the molecule is CC(CSc1ccc(Cc2sc(=O)[nH]c2O)cc1)N1CC(COc2cccc(Cl)c2)OC1=O. The molecule has 7 nitrogen and oxygen atoms in total. The maximum Gasteiger partial charge on any atom is 0.410 e. The molecule has 1 aliphatic heterocycles. The minimum absolute atomic E-state index is 0.00701. The van der Waals surface area contributed by atoms with Crippen LogP contribution in [0.25, 0.3) is 0 Å². The van der Waals surface area contributed by atoms with Crippen molar-refractivity contribution in [2.45, 2.75) is 30.4 Å². The largest absolute Gasteiger partial charge is 0.494 e. The third-order valence-corrected chi connectivity index (χ3v) is 7.51. The molecular weight excluding hydrogens is 484 g/mol. The quantitative estimate of drug-likeness (QED) is 0.406. The summed E-state index contributed by atoms with van der Waals surface area (Å²) < 4.78 is 11.2. The number of ether oxygens (including phenoxy) is 2. The first-order valence-electron chi connectivity index (χ1n) is 10.4. The van der Waals surface area contributed by atoms with Crippen molar-refractivity contribution in [2.24, 2.45) is 0 Å². The van der Waals surface area contributed by atoms with Crippen molar-refractivity contribution in [2.75, 3.05) is 18.9 Å². The third kappa shape index (κ3) is 6.25. The Bertz CT molecular complexity index is 1160. The molecule has 1 amide bonds. The van der Waals surface area contributed by atoms with Crippen molar-refractivity contribution in [1.82, 2.24) is 9.88 Å². The third-order valence-electron chi connectivity index (χ3n) is 5.15. The average molecular weight is 507 g/mol. The number of thiazole rings is 1. The molecule has 1 saturated heterocycles. The highest BCUT2D eigenvalue weighted by molar-refractivity contribution is 7.99. The maximum absolute atomic E-state index is 12.3. The zero-order valence-corrected chi connectivity index (χ0v) is 20.2. The number of amides is 1. The summed E-state index contributed by atoms with van der Waals surface area (Å²) >= 11 is 8.64. The van der Waals surface area contributed by atoms with Gasteiger partial charge in [-0.05, 0) is 42.8 Å². The molecule has 0 bridgehead atoms. The van der Waals surface area contributed by atoms with Crippen LogP contribution in [0.15, 0.2) is 58.2 Å². The summed E-state index contributed by atoms with van der Waals surface area (Å²) in [5.41, 5.74) is 1.00. The summed E-state index contributed by atoms with van der Waals surface area (Å²) in [5.74, 6) is 1.30. The number of aromatic nitrogens is 1. The Morgan fingerprint density at radius 2 is 2.09 bits per heavy atom. The molecule has 0 aliphatic carbocycles. The predicted octanol–water partition coefficient (Wildman–Crippen LogP) is 4.77. The van der Waals surface area contributed by atoms with Crippen LogP contribution in [0, 0.1) is 0 Å². The van der Waals surface area contributed by atoms with Crippen LogP contribution in [0.2, 0.25) is 5.02 Å². The number of aromatic hydroxyl groups is 1. The average Bonchev–Trinajstić information content (AvgIpc) is 3.32. The zero-order chi connectivity index (χ0) is 23.4. The molecule has 1 aromatic heterocycles. The van der Waals surface area contributed by atoms with Crippen molar-refractivity contribution in [3.63, 3.8) is 0 Å². The summed E-state index contributed by atoms with van der Waals surface area (Å²) in [6.45, 7) is 2.75. The van der Waals surface area contributed by atoms with Crippen molar-refractivity contribution in [1.29, 1.82) is 0 Å². The Labute approximate surface area is 204 Å². The highest BCUT2D eigenvalue weighted by Gasteiger charge is 2.34. The van der Waals surface area contributed by atoms with Crippen LogP contribution in [0.5, 0.6) is 11.6 Å². The van der Waals surface area contributed by atoms with E-state index in [4.69, 9.17) is 21.1 Å². The molecule has 2 unspecified atom stereocenters. The van der Waals surface area contributed by atoms with Crippen molar-refractivity contribution < 1.29 is 19.4 Å². The van der Waals surface area contributed by atoms with Gasteiger partial charge in [-0.1, -0.05) is 41.1 Å². The predicted molar refractivity (Wildman–Crippen MR) is 130 cm³/mol. The number of hydrogen-bond acceptors (Lipinski definition) is 7. The number of halogens is 1. The number of benzene rings is 2. The minimum Gasteiger partial charge on any atom is -0.494 e. The first kappa shape index (κ1) is 23.5. The molecular formula is C23H23ClN2O5S2. The van der Waals surface area contributed by atoms with Gasteiger partial charge in [0.05, 0.1) is 11.4 Å². The molecule has 2 aromatic carbocycles. The number of rotatable bonds is 9. The normalized spacial score (nSPS) is 16.6. The van der Waals surface area contributed by atoms with Gasteiger partial charge < -0.3 is 19.5 Å². The molecule has 3 aromatic rings. The van der Waals surface area contributed by atoms with Gasteiger partial charge in [-0.3, -0.25) is 9.78 Å². The first-order chi connectivity index (χ1) is 15.9. The van der Waals surface area contributed by atoms with Crippen LogP contribution in [0.1, 0.15) is 17.4 Å². The number of aromatic amines is 1. The van der Waals surface area contributed by atoms with Gasteiger partial charge in [-0.25, -0.2) is 4.79 Å². The van der Waals surface area contributed by atoms with E-state index in [1.165, 1.54) is 0 Å². The molecule has 1 aliphatic rings. The number of thioether (sulfide) groups is 1.